The third kappa shape index (κ3) is 9.13. The number of nitrogens with zero attached hydrogens (tertiary/aromatic N) is 3. The number of aromatic nitrogens is 2. The molecule has 2 aromatic carbocycles. The molecule has 3 rings (SSSR count). The summed E-state index contributed by atoms with van der Waals surface area (Å²) in [7, 11) is 0. The van der Waals surface area contributed by atoms with Gasteiger partial charge in [0.05, 0.1) is 5.69 Å². The minimum atomic E-state index is 0. The van der Waals surface area contributed by atoms with E-state index < -0.39 is 0 Å². The van der Waals surface area contributed by atoms with Gasteiger partial charge in [0.25, 0.3) is 0 Å². The van der Waals surface area contributed by atoms with E-state index >= 15 is 0 Å². The molecule has 3 aromatic rings. The van der Waals surface area contributed by atoms with Gasteiger partial charge in [-0.15, -0.1) is 29.9 Å². The highest BCUT2D eigenvalue weighted by Gasteiger charge is 2.11. The zero-order chi connectivity index (χ0) is 22.6. The fourth-order valence-corrected chi connectivity index (χ4v) is 3.54. The largest absolute Gasteiger partial charge is 0.489 e. The van der Waals surface area contributed by atoms with Crippen LogP contribution >= 0.6 is 24.8 Å². The van der Waals surface area contributed by atoms with Crippen LogP contribution < -0.4 is 9.47 Å². The van der Waals surface area contributed by atoms with E-state index in [0.717, 1.165) is 67.0 Å². The van der Waals surface area contributed by atoms with Crippen molar-refractivity contribution in [1.29, 1.82) is 0 Å². The van der Waals surface area contributed by atoms with Crippen molar-refractivity contribution in [3.63, 3.8) is 0 Å². The van der Waals surface area contributed by atoms with Crippen molar-refractivity contribution in [1.82, 2.24) is 15.1 Å². The molecule has 0 aliphatic rings. The van der Waals surface area contributed by atoms with Crippen molar-refractivity contribution in [2.75, 3.05) is 26.2 Å². The normalized spacial score (nSPS) is 10.4. The molecule has 186 valence electrons. The molecule has 7 heteroatoms. The van der Waals surface area contributed by atoms with Crippen LogP contribution in [0.1, 0.15) is 44.9 Å². The lowest BCUT2D eigenvalue weighted by molar-refractivity contribution is 0.216. The SMILES string of the molecule is CCCCc1nnc(OCCN(CC)CC)cc1-c1ccc(OCc2ccccc2)cc1.Cl.Cl. The lowest BCUT2D eigenvalue weighted by atomic mass is 10.0. The van der Waals surface area contributed by atoms with E-state index in [1.165, 1.54) is 0 Å². The standard InChI is InChI=1S/C27H35N3O2.2ClH/c1-4-7-13-26-25(20-27(29-28-26)31-19-18-30(5-2)6-3)23-14-16-24(17-15-23)32-21-22-11-9-8-10-12-22;;/h8-12,14-17,20H,4-7,13,18-19,21H2,1-3H3;2*1H. The van der Waals surface area contributed by atoms with E-state index in [0.29, 0.717) is 19.1 Å². The molecule has 0 aliphatic heterocycles. The molecule has 34 heavy (non-hydrogen) atoms. The molecule has 5 nitrogen and oxygen atoms in total. The van der Waals surface area contributed by atoms with Gasteiger partial charge in [-0.05, 0) is 49.2 Å². The van der Waals surface area contributed by atoms with Gasteiger partial charge in [-0.25, -0.2) is 0 Å². The van der Waals surface area contributed by atoms with Crippen LogP contribution in [-0.4, -0.2) is 41.3 Å². The highest BCUT2D eigenvalue weighted by Crippen LogP contribution is 2.28. The number of ether oxygens (including phenoxy) is 2. The number of hydrogen-bond acceptors (Lipinski definition) is 5. The maximum absolute atomic E-state index is 5.94. The van der Waals surface area contributed by atoms with Crippen LogP contribution in [0.3, 0.4) is 0 Å². The Balaban J connectivity index is 0.00000289. The number of rotatable bonds is 13. The molecule has 0 bridgehead atoms. The molecule has 0 aliphatic carbocycles. The first kappa shape index (κ1) is 29.7. The summed E-state index contributed by atoms with van der Waals surface area (Å²) in [5, 5.41) is 8.84. The van der Waals surface area contributed by atoms with E-state index in [4.69, 9.17) is 9.47 Å². The van der Waals surface area contributed by atoms with E-state index in [-0.39, 0.29) is 24.8 Å². The lowest BCUT2D eigenvalue weighted by Crippen LogP contribution is -2.28. The molecule has 0 radical (unpaired) electrons. The summed E-state index contributed by atoms with van der Waals surface area (Å²) in [6.07, 6.45) is 3.11. The molecular weight excluding hydrogens is 469 g/mol. The number of unbranched alkanes of at least 4 members (excludes halogenated alkanes) is 1. The van der Waals surface area contributed by atoms with Gasteiger partial charge in [0.15, 0.2) is 0 Å². The van der Waals surface area contributed by atoms with Crippen LogP contribution in [-0.2, 0) is 13.0 Å². The fraction of sp³-hybridized carbons (Fsp3) is 0.407. The molecule has 0 saturated heterocycles. The summed E-state index contributed by atoms with van der Waals surface area (Å²) in [4.78, 5) is 2.33. The van der Waals surface area contributed by atoms with Crippen molar-refractivity contribution in [3.8, 4) is 22.8 Å². The Bertz CT molecular complexity index is 936. The van der Waals surface area contributed by atoms with E-state index in [1.54, 1.807) is 0 Å². The second-order valence-electron chi connectivity index (χ2n) is 7.82. The smallest absolute Gasteiger partial charge is 0.234 e. The van der Waals surface area contributed by atoms with E-state index in [2.05, 4.69) is 60.1 Å². The minimum Gasteiger partial charge on any atom is -0.489 e. The number of likely N-dealkylation sites (N-methyl/N-ethyl adjacent to an activating group) is 1. The second kappa shape index (κ2) is 16.3. The molecule has 1 aromatic heterocycles. The first-order chi connectivity index (χ1) is 15.7. The van der Waals surface area contributed by atoms with Crippen molar-refractivity contribution < 1.29 is 9.47 Å². The Kier molecular flexibility index (Phi) is 14.2. The fourth-order valence-electron chi connectivity index (χ4n) is 3.54. The topological polar surface area (TPSA) is 47.5 Å². The summed E-state index contributed by atoms with van der Waals surface area (Å²) in [5.41, 5.74) is 4.36. The number of hydrogen-bond donors (Lipinski definition) is 0. The zero-order valence-corrected chi connectivity index (χ0v) is 22.0. The van der Waals surface area contributed by atoms with Gasteiger partial charge in [0.2, 0.25) is 5.88 Å². The third-order valence-electron chi connectivity index (χ3n) is 5.58. The number of aryl methyl sites for hydroxylation is 1. The average Bonchev–Trinajstić information content (AvgIpc) is 2.85. The van der Waals surface area contributed by atoms with Gasteiger partial charge in [0, 0.05) is 18.2 Å². The summed E-state index contributed by atoms with van der Waals surface area (Å²) < 4.78 is 11.9. The van der Waals surface area contributed by atoms with Crippen molar-refractivity contribution in [3.05, 3.63) is 71.9 Å². The van der Waals surface area contributed by atoms with Crippen LogP contribution in [0.5, 0.6) is 11.6 Å². The van der Waals surface area contributed by atoms with Gasteiger partial charge in [0.1, 0.15) is 19.0 Å². The van der Waals surface area contributed by atoms with Crippen LogP contribution in [0.15, 0.2) is 60.7 Å². The predicted octanol–water partition coefficient (Wildman–Crippen LogP) is 6.63. The highest BCUT2D eigenvalue weighted by molar-refractivity contribution is 5.85. The second-order valence-corrected chi connectivity index (χ2v) is 7.82. The average molecular weight is 507 g/mol. The molecule has 0 spiro atoms. The summed E-state index contributed by atoms with van der Waals surface area (Å²) >= 11 is 0. The Morgan fingerprint density at radius 3 is 2.18 bits per heavy atom. The van der Waals surface area contributed by atoms with Gasteiger partial charge in [-0.2, -0.15) is 5.10 Å². The molecule has 0 amide bonds. The van der Waals surface area contributed by atoms with Gasteiger partial charge in [-0.3, -0.25) is 0 Å². The van der Waals surface area contributed by atoms with E-state index in [1.807, 2.05) is 36.4 Å². The van der Waals surface area contributed by atoms with Crippen LogP contribution in [0, 0.1) is 0 Å². The van der Waals surface area contributed by atoms with Crippen molar-refractivity contribution in [2.45, 2.75) is 46.6 Å². The van der Waals surface area contributed by atoms with Crippen molar-refractivity contribution in [2.24, 2.45) is 0 Å². The van der Waals surface area contributed by atoms with Crippen molar-refractivity contribution >= 4 is 24.8 Å². The molecule has 0 unspecified atom stereocenters. The monoisotopic (exact) mass is 505 g/mol. The first-order valence-corrected chi connectivity index (χ1v) is 11.7. The Labute approximate surface area is 216 Å². The van der Waals surface area contributed by atoms with Crippen LogP contribution in [0.2, 0.25) is 0 Å². The van der Waals surface area contributed by atoms with Crippen LogP contribution in [0.4, 0.5) is 0 Å². The molecule has 1 heterocycles. The lowest BCUT2D eigenvalue weighted by Gasteiger charge is -2.18. The number of benzene rings is 2. The maximum Gasteiger partial charge on any atom is 0.234 e. The third-order valence-corrected chi connectivity index (χ3v) is 5.58. The Hall–Kier alpha value is -2.34. The molecular formula is C27H37Cl2N3O2. The summed E-state index contributed by atoms with van der Waals surface area (Å²) in [6.45, 7) is 10.6. The van der Waals surface area contributed by atoms with Gasteiger partial charge < -0.3 is 14.4 Å². The number of halogens is 2. The van der Waals surface area contributed by atoms with Crippen LogP contribution in [0.25, 0.3) is 11.1 Å². The minimum absolute atomic E-state index is 0. The van der Waals surface area contributed by atoms with E-state index in [9.17, 15) is 0 Å². The highest BCUT2D eigenvalue weighted by atomic mass is 35.5. The maximum atomic E-state index is 5.94. The zero-order valence-electron chi connectivity index (χ0n) is 20.4. The molecule has 0 saturated carbocycles. The first-order valence-electron chi connectivity index (χ1n) is 11.7. The quantitative estimate of drug-likeness (QED) is 0.260. The van der Waals surface area contributed by atoms with Gasteiger partial charge >= 0.3 is 0 Å². The Morgan fingerprint density at radius 1 is 0.824 bits per heavy atom. The molecule has 0 atom stereocenters. The Morgan fingerprint density at radius 2 is 1.53 bits per heavy atom. The summed E-state index contributed by atoms with van der Waals surface area (Å²) in [5.74, 6) is 1.43. The molecule has 0 N–H and O–H groups in total. The molecule has 0 fully saturated rings. The summed E-state index contributed by atoms with van der Waals surface area (Å²) in [6, 6.07) is 20.4. The van der Waals surface area contributed by atoms with Gasteiger partial charge in [-0.1, -0.05) is 69.7 Å². The predicted molar refractivity (Wildman–Crippen MR) is 145 cm³/mol.